The third kappa shape index (κ3) is 2.57. The molecule has 0 bridgehead atoms. The Labute approximate surface area is 131 Å². The van der Waals surface area contributed by atoms with E-state index in [1.807, 2.05) is 6.92 Å². The number of rotatable bonds is 5. The minimum atomic E-state index is -1.25. The monoisotopic (exact) mass is 308 g/mol. The van der Waals surface area contributed by atoms with Crippen LogP contribution in [-0.2, 0) is 23.9 Å². The van der Waals surface area contributed by atoms with Crippen molar-refractivity contribution in [3.05, 3.63) is 12.2 Å². The molecule has 0 aromatic carbocycles. The first-order chi connectivity index (χ1) is 10.4. The molecule has 0 saturated heterocycles. The maximum atomic E-state index is 12.4. The van der Waals surface area contributed by atoms with Crippen LogP contribution >= 0.6 is 0 Å². The highest BCUT2D eigenvalue weighted by Crippen LogP contribution is 2.56. The van der Waals surface area contributed by atoms with E-state index in [0.717, 1.165) is 5.57 Å². The molecule has 0 aromatic rings. The molecule has 0 amide bonds. The Morgan fingerprint density at radius 2 is 1.73 bits per heavy atom. The van der Waals surface area contributed by atoms with Crippen LogP contribution < -0.4 is 0 Å². The number of Topliss-reactive ketones (excluding diaryl/α,β-unsaturated/α-hetero) is 1. The van der Waals surface area contributed by atoms with Gasteiger partial charge >= 0.3 is 11.9 Å². The summed E-state index contributed by atoms with van der Waals surface area (Å²) in [4.78, 5) is 37.0. The Hall–Kier alpha value is -1.65. The number of ketones is 1. The smallest absolute Gasteiger partial charge is 0.323 e. The molecule has 2 aliphatic carbocycles. The van der Waals surface area contributed by atoms with E-state index in [0.29, 0.717) is 19.3 Å². The van der Waals surface area contributed by atoms with Gasteiger partial charge in [-0.3, -0.25) is 14.4 Å². The summed E-state index contributed by atoms with van der Waals surface area (Å²) in [6, 6.07) is 0. The average molecular weight is 308 g/mol. The van der Waals surface area contributed by atoms with Crippen LogP contribution in [0.25, 0.3) is 0 Å². The lowest BCUT2D eigenvalue weighted by Gasteiger charge is -2.26. The van der Waals surface area contributed by atoms with Crippen LogP contribution in [0.3, 0.4) is 0 Å². The van der Waals surface area contributed by atoms with Crippen LogP contribution in [0.15, 0.2) is 12.2 Å². The van der Waals surface area contributed by atoms with Gasteiger partial charge in [0.05, 0.1) is 13.2 Å². The van der Waals surface area contributed by atoms with Crippen LogP contribution in [0.4, 0.5) is 0 Å². The first kappa shape index (κ1) is 16.7. The summed E-state index contributed by atoms with van der Waals surface area (Å²) < 4.78 is 10.3. The summed E-state index contributed by atoms with van der Waals surface area (Å²) in [5.41, 5.74) is -0.448. The Bertz CT molecular complexity index is 489. The summed E-state index contributed by atoms with van der Waals surface area (Å²) in [5.74, 6) is -1.10. The zero-order valence-corrected chi connectivity index (χ0v) is 13.5. The van der Waals surface area contributed by atoms with E-state index >= 15 is 0 Å². The molecule has 2 rings (SSSR count). The Balaban J connectivity index is 2.31. The fraction of sp³-hybridized carbons (Fsp3) is 0.706. The minimum absolute atomic E-state index is 0.0150. The van der Waals surface area contributed by atoms with E-state index in [9.17, 15) is 14.4 Å². The van der Waals surface area contributed by atoms with Crippen molar-refractivity contribution in [3.63, 3.8) is 0 Å². The molecule has 122 valence electrons. The largest absolute Gasteiger partial charge is 0.465 e. The van der Waals surface area contributed by atoms with Gasteiger partial charge in [-0.15, -0.1) is 0 Å². The molecule has 0 aromatic heterocycles. The van der Waals surface area contributed by atoms with E-state index in [1.165, 1.54) is 0 Å². The highest BCUT2D eigenvalue weighted by Gasteiger charge is 2.62. The number of hydrogen-bond acceptors (Lipinski definition) is 5. The van der Waals surface area contributed by atoms with Crippen molar-refractivity contribution in [1.82, 2.24) is 0 Å². The van der Waals surface area contributed by atoms with Crippen LogP contribution in [-0.4, -0.2) is 30.9 Å². The fourth-order valence-corrected chi connectivity index (χ4v) is 4.08. The lowest BCUT2D eigenvalue weighted by atomic mass is 9.80. The van der Waals surface area contributed by atoms with Gasteiger partial charge < -0.3 is 9.47 Å². The van der Waals surface area contributed by atoms with Gasteiger partial charge in [-0.05, 0) is 45.4 Å². The van der Waals surface area contributed by atoms with Gasteiger partial charge in [0.1, 0.15) is 5.78 Å². The van der Waals surface area contributed by atoms with E-state index in [2.05, 4.69) is 6.58 Å². The molecule has 2 saturated carbocycles. The van der Waals surface area contributed by atoms with Crippen LogP contribution in [0, 0.1) is 23.2 Å². The molecular formula is C17H24O5. The predicted octanol–water partition coefficient (Wildman–Crippen LogP) is 2.29. The normalized spacial score (nSPS) is 29.0. The van der Waals surface area contributed by atoms with Crippen molar-refractivity contribution in [2.75, 3.05) is 13.2 Å². The number of carbonyl (C=O) groups excluding carboxylic acids is 3. The molecule has 0 aliphatic heterocycles. The minimum Gasteiger partial charge on any atom is -0.465 e. The molecular weight excluding hydrogens is 284 g/mol. The van der Waals surface area contributed by atoms with Crippen molar-refractivity contribution in [2.45, 2.75) is 40.0 Å². The quantitative estimate of drug-likeness (QED) is 0.443. The van der Waals surface area contributed by atoms with E-state index in [1.54, 1.807) is 13.8 Å². The van der Waals surface area contributed by atoms with Crippen LogP contribution in [0.1, 0.15) is 40.0 Å². The fourth-order valence-electron chi connectivity index (χ4n) is 4.08. The second-order valence-electron chi connectivity index (χ2n) is 6.35. The number of carbonyl (C=O) groups is 3. The van der Waals surface area contributed by atoms with Gasteiger partial charge in [0.25, 0.3) is 0 Å². The second kappa shape index (κ2) is 6.23. The van der Waals surface area contributed by atoms with Crippen molar-refractivity contribution >= 4 is 17.7 Å². The second-order valence-corrected chi connectivity index (χ2v) is 6.35. The van der Waals surface area contributed by atoms with Crippen molar-refractivity contribution in [1.29, 1.82) is 0 Å². The zero-order valence-electron chi connectivity index (χ0n) is 13.5. The number of fused-ring (bicyclic) bond motifs is 1. The van der Waals surface area contributed by atoms with Gasteiger partial charge in [0.15, 0.2) is 5.41 Å². The van der Waals surface area contributed by atoms with Crippen LogP contribution in [0.2, 0.25) is 0 Å². The van der Waals surface area contributed by atoms with Gasteiger partial charge in [-0.1, -0.05) is 12.2 Å². The van der Waals surface area contributed by atoms with Crippen molar-refractivity contribution < 1.29 is 23.9 Å². The first-order valence-electron chi connectivity index (χ1n) is 7.90. The van der Waals surface area contributed by atoms with Gasteiger partial charge in [-0.25, -0.2) is 0 Å². The molecule has 2 aliphatic rings. The predicted molar refractivity (Wildman–Crippen MR) is 79.8 cm³/mol. The summed E-state index contributed by atoms with van der Waals surface area (Å²) >= 11 is 0. The molecule has 0 heterocycles. The van der Waals surface area contributed by atoms with E-state index in [4.69, 9.17) is 9.47 Å². The van der Waals surface area contributed by atoms with Gasteiger partial charge in [-0.2, -0.15) is 0 Å². The molecule has 22 heavy (non-hydrogen) atoms. The molecule has 0 spiro atoms. The number of hydrogen-bond donors (Lipinski definition) is 0. The molecule has 2 fully saturated rings. The van der Waals surface area contributed by atoms with Gasteiger partial charge in [0, 0.05) is 12.3 Å². The summed E-state index contributed by atoms with van der Waals surface area (Å²) in [7, 11) is 0. The Kier molecular flexibility index (Phi) is 4.73. The highest BCUT2D eigenvalue weighted by molar-refractivity contribution is 6.01. The zero-order chi connectivity index (χ0) is 16.5. The third-order valence-electron chi connectivity index (χ3n) is 4.90. The first-order valence-corrected chi connectivity index (χ1v) is 7.90. The molecule has 0 unspecified atom stereocenters. The third-order valence-corrected chi connectivity index (χ3v) is 4.90. The summed E-state index contributed by atoms with van der Waals surface area (Å²) in [6.07, 6.45) is 1.06. The maximum Gasteiger partial charge on any atom is 0.323 e. The van der Waals surface area contributed by atoms with Gasteiger partial charge in [0.2, 0.25) is 0 Å². The summed E-state index contributed by atoms with van der Waals surface area (Å²) in [6.45, 7) is 9.61. The molecule has 0 N–H and O–H groups in total. The SMILES string of the molecule is C=C(C)[C@@H]1C(=O)C[C@H]2CC(C(=O)OCC)(C(=O)OCC)C[C@H]21. The average Bonchev–Trinajstić information content (AvgIpc) is 2.92. The standard InChI is InChI=1S/C17H24O5/c1-5-21-15(19)17(16(20)22-6-2)8-11-7-13(18)14(10(3)4)12(11)9-17/h11-12,14H,3,5-9H2,1-2,4H3/t11-,12+,14-/m0/s1. The number of ether oxygens (including phenoxy) is 2. The maximum absolute atomic E-state index is 12.4. The van der Waals surface area contributed by atoms with Crippen molar-refractivity contribution in [3.8, 4) is 0 Å². The number of allylic oxidation sites excluding steroid dienone is 1. The molecule has 5 heteroatoms. The van der Waals surface area contributed by atoms with E-state index < -0.39 is 17.4 Å². The van der Waals surface area contributed by atoms with E-state index in [-0.39, 0.29) is 36.8 Å². The lowest BCUT2D eigenvalue weighted by molar-refractivity contribution is -0.172. The molecule has 5 nitrogen and oxygen atoms in total. The summed E-state index contributed by atoms with van der Waals surface area (Å²) in [5, 5.41) is 0. The lowest BCUT2D eigenvalue weighted by Crippen LogP contribution is -2.41. The highest BCUT2D eigenvalue weighted by atomic mass is 16.6. The molecule has 3 atom stereocenters. The molecule has 0 radical (unpaired) electrons. The van der Waals surface area contributed by atoms with Crippen molar-refractivity contribution in [2.24, 2.45) is 23.2 Å². The van der Waals surface area contributed by atoms with Crippen LogP contribution in [0.5, 0.6) is 0 Å². The number of esters is 2. The topological polar surface area (TPSA) is 69.7 Å². The Morgan fingerprint density at radius 3 is 2.18 bits per heavy atom. The Morgan fingerprint density at radius 1 is 1.18 bits per heavy atom.